The molecule has 0 bridgehead atoms. The number of alkyl halides is 3. The van der Waals surface area contributed by atoms with Gasteiger partial charge in [0.05, 0.1) is 0 Å². The Morgan fingerprint density at radius 3 is 2.03 bits per heavy atom. The van der Waals surface area contributed by atoms with Gasteiger partial charge in [-0.05, 0) is 53.5 Å². The van der Waals surface area contributed by atoms with Crippen molar-refractivity contribution in [1.82, 2.24) is 0 Å². The Bertz CT molecular complexity index is 821. The van der Waals surface area contributed by atoms with E-state index in [1.807, 2.05) is 24.3 Å². The van der Waals surface area contributed by atoms with Crippen LogP contribution in [-0.2, 0) is 6.42 Å². The summed E-state index contributed by atoms with van der Waals surface area (Å²) in [6.07, 6.45) is 9.56. The Morgan fingerprint density at radius 1 is 0.812 bits per heavy atom. The first kappa shape index (κ1) is 24.6. The second-order valence-electron chi connectivity index (χ2n) is 9.16. The SMILES string of the molecule is CCCCCCC1CCC(CCc2ccc(-c3ccc(OC(F)(F)F)c(F)c3)cc2)CC1. The Morgan fingerprint density at radius 2 is 1.44 bits per heavy atom. The highest BCUT2D eigenvalue weighted by atomic mass is 19.4. The van der Waals surface area contributed by atoms with Crippen LogP contribution in [0.15, 0.2) is 42.5 Å². The first-order valence-electron chi connectivity index (χ1n) is 12.0. The molecule has 1 aliphatic carbocycles. The first-order chi connectivity index (χ1) is 15.3. The highest BCUT2D eigenvalue weighted by Crippen LogP contribution is 2.35. The fourth-order valence-corrected chi connectivity index (χ4v) is 4.79. The van der Waals surface area contributed by atoms with Crippen LogP contribution in [0.4, 0.5) is 17.6 Å². The molecule has 3 rings (SSSR count). The largest absolute Gasteiger partial charge is 0.573 e. The summed E-state index contributed by atoms with van der Waals surface area (Å²) in [6, 6.07) is 11.4. The highest BCUT2D eigenvalue weighted by Gasteiger charge is 2.32. The van der Waals surface area contributed by atoms with Gasteiger partial charge in [0.25, 0.3) is 0 Å². The maximum Gasteiger partial charge on any atom is 0.573 e. The third-order valence-corrected chi connectivity index (χ3v) is 6.72. The molecule has 0 spiro atoms. The zero-order chi connectivity index (χ0) is 23.0. The number of hydrogen-bond acceptors (Lipinski definition) is 1. The molecule has 0 radical (unpaired) electrons. The molecule has 2 aromatic rings. The number of halogens is 4. The van der Waals surface area contributed by atoms with Gasteiger partial charge in [-0.3, -0.25) is 0 Å². The number of unbranched alkanes of at least 4 members (excludes halogenated alkanes) is 3. The Labute approximate surface area is 189 Å². The molecule has 0 aliphatic heterocycles. The number of ether oxygens (including phenoxy) is 1. The molecule has 0 amide bonds. The Hall–Kier alpha value is -2.04. The summed E-state index contributed by atoms with van der Waals surface area (Å²) in [4.78, 5) is 0. The molecular formula is C27H34F4O. The second kappa shape index (κ2) is 11.7. The van der Waals surface area contributed by atoms with Gasteiger partial charge in [-0.1, -0.05) is 95.0 Å². The Kier molecular flexibility index (Phi) is 9.01. The predicted molar refractivity (Wildman–Crippen MR) is 121 cm³/mol. The third kappa shape index (κ3) is 7.83. The number of benzene rings is 2. The molecule has 0 unspecified atom stereocenters. The van der Waals surface area contributed by atoms with Gasteiger partial charge in [0.15, 0.2) is 11.6 Å². The average Bonchev–Trinajstić information content (AvgIpc) is 2.77. The summed E-state index contributed by atoms with van der Waals surface area (Å²) in [5, 5.41) is 0. The standard InChI is InChI=1S/C27H34F4O/c1-2-3-4-5-6-20-7-9-21(10-8-20)11-12-22-13-15-23(16-14-22)24-17-18-26(25(28)19-24)32-27(29,30)31/h13-21H,2-12H2,1H3. The van der Waals surface area contributed by atoms with Crippen LogP contribution in [0.3, 0.4) is 0 Å². The number of hydrogen-bond donors (Lipinski definition) is 0. The maximum absolute atomic E-state index is 14.0. The first-order valence-corrected chi connectivity index (χ1v) is 12.0. The van der Waals surface area contributed by atoms with Crippen LogP contribution in [0, 0.1) is 17.7 Å². The van der Waals surface area contributed by atoms with Gasteiger partial charge in [-0.2, -0.15) is 0 Å². The van der Waals surface area contributed by atoms with Crippen molar-refractivity contribution in [2.75, 3.05) is 0 Å². The van der Waals surface area contributed by atoms with E-state index < -0.39 is 17.9 Å². The van der Waals surface area contributed by atoms with Crippen molar-refractivity contribution < 1.29 is 22.3 Å². The molecule has 1 nitrogen and oxygen atoms in total. The highest BCUT2D eigenvalue weighted by molar-refractivity contribution is 5.64. The van der Waals surface area contributed by atoms with Crippen molar-refractivity contribution >= 4 is 0 Å². The van der Waals surface area contributed by atoms with Crippen molar-refractivity contribution in [3.05, 3.63) is 53.8 Å². The quantitative estimate of drug-likeness (QED) is 0.259. The minimum atomic E-state index is -4.90. The van der Waals surface area contributed by atoms with E-state index in [9.17, 15) is 17.6 Å². The molecule has 0 N–H and O–H groups in total. The minimum Gasteiger partial charge on any atom is -0.403 e. The molecule has 0 aromatic heterocycles. The summed E-state index contributed by atoms with van der Waals surface area (Å²) in [5.74, 6) is -0.106. The molecule has 1 aliphatic rings. The van der Waals surface area contributed by atoms with Gasteiger partial charge in [0, 0.05) is 0 Å². The lowest BCUT2D eigenvalue weighted by molar-refractivity contribution is -0.275. The molecule has 2 aromatic carbocycles. The van der Waals surface area contributed by atoms with Crippen LogP contribution in [0.5, 0.6) is 5.75 Å². The monoisotopic (exact) mass is 450 g/mol. The molecule has 32 heavy (non-hydrogen) atoms. The van der Waals surface area contributed by atoms with E-state index in [-0.39, 0.29) is 0 Å². The van der Waals surface area contributed by atoms with E-state index in [1.165, 1.54) is 75.8 Å². The molecule has 0 saturated heterocycles. The van der Waals surface area contributed by atoms with Crippen LogP contribution in [0.1, 0.15) is 76.7 Å². The van der Waals surface area contributed by atoms with E-state index in [0.717, 1.165) is 36.0 Å². The minimum absolute atomic E-state index is 0.529. The average molecular weight is 451 g/mol. The normalized spacial score (nSPS) is 19.2. The number of rotatable bonds is 10. The number of aryl methyl sites for hydroxylation is 1. The molecule has 176 valence electrons. The molecule has 0 heterocycles. The third-order valence-electron chi connectivity index (χ3n) is 6.72. The van der Waals surface area contributed by atoms with Crippen molar-refractivity contribution in [3.8, 4) is 16.9 Å². The molecule has 5 heteroatoms. The van der Waals surface area contributed by atoms with Crippen LogP contribution in [-0.4, -0.2) is 6.36 Å². The van der Waals surface area contributed by atoms with Crippen molar-refractivity contribution in [3.63, 3.8) is 0 Å². The van der Waals surface area contributed by atoms with E-state index in [0.29, 0.717) is 5.56 Å². The smallest absolute Gasteiger partial charge is 0.403 e. The van der Waals surface area contributed by atoms with Crippen LogP contribution >= 0.6 is 0 Å². The lowest BCUT2D eigenvalue weighted by Crippen LogP contribution is -2.17. The van der Waals surface area contributed by atoms with Gasteiger partial charge in [-0.25, -0.2) is 4.39 Å². The maximum atomic E-state index is 14.0. The summed E-state index contributed by atoms with van der Waals surface area (Å²) in [7, 11) is 0. The zero-order valence-corrected chi connectivity index (χ0v) is 18.9. The van der Waals surface area contributed by atoms with Gasteiger partial charge in [-0.15, -0.1) is 13.2 Å². The summed E-state index contributed by atoms with van der Waals surface area (Å²) < 4.78 is 54.6. The van der Waals surface area contributed by atoms with Gasteiger partial charge < -0.3 is 4.74 Å². The predicted octanol–water partition coefficient (Wildman–Crippen LogP) is 9.10. The summed E-state index contributed by atoms with van der Waals surface area (Å²) >= 11 is 0. The Balaban J connectivity index is 1.45. The van der Waals surface area contributed by atoms with Gasteiger partial charge in [0.2, 0.25) is 0 Å². The van der Waals surface area contributed by atoms with Crippen molar-refractivity contribution in [1.29, 1.82) is 0 Å². The van der Waals surface area contributed by atoms with Crippen LogP contribution < -0.4 is 4.74 Å². The summed E-state index contributed by atoms with van der Waals surface area (Å²) in [5.41, 5.74) is 2.54. The van der Waals surface area contributed by atoms with E-state index in [4.69, 9.17) is 0 Å². The molecular weight excluding hydrogens is 416 g/mol. The van der Waals surface area contributed by atoms with E-state index >= 15 is 0 Å². The molecule has 1 saturated carbocycles. The molecule has 0 atom stereocenters. The van der Waals surface area contributed by atoms with E-state index in [1.54, 1.807) is 0 Å². The zero-order valence-electron chi connectivity index (χ0n) is 18.9. The van der Waals surface area contributed by atoms with E-state index in [2.05, 4.69) is 11.7 Å². The fraction of sp³-hybridized carbons (Fsp3) is 0.556. The van der Waals surface area contributed by atoms with Gasteiger partial charge >= 0.3 is 6.36 Å². The van der Waals surface area contributed by atoms with Crippen molar-refractivity contribution in [2.24, 2.45) is 11.8 Å². The van der Waals surface area contributed by atoms with Crippen LogP contribution in [0.25, 0.3) is 11.1 Å². The van der Waals surface area contributed by atoms with Crippen molar-refractivity contribution in [2.45, 2.75) is 83.9 Å². The lowest BCUT2D eigenvalue weighted by Gasteiger charge is -2.28. The van der Waals surface area contributed by atoms with Gasteiger partial charge in [0.1, 0.15) is 0 Å². The lowest BCUT2D eigenvalue weighted by atomic mass is 9.77. The fourth-order valence-electron chi connectivity index (χ4n) is 4.79. The van der Waals surface area contributed by atoms with Crippen LogP contribution in [0.2, 0.25) is 0 Å². The molecule has 1 fully saturated rings. The second-order valence-corrected chi connectivity index (χ2v) is 9.16. The summed E-state index contributed by atoms with van der Waals surface area (Å²) in [6.45, 7) is 2.26. The topological polar surface area (TPSA) is 9.23 Å².